The number of carbonyl (C=O) groups excluding carboxylic acids is 1. The number of aromatic amines is 1. The fourth-order valence-corrected chi connectivity index (χ4v) is 3.99. The van der Waals surface area contributed by atoms with E-state index in [0.717, 1.165) is 10.2 Å². The molecule has 0 radical (unpaired) electrons. The Morgan fingerprint density at radius 2 is 1.66 bits per heavy atom. The van der Waals surface area contributed by atoms with E-state index in [-0.39, 0.29) is 41.8 Å². The Hall–Kier alpha value is -4.47. The first-order valence-corrected chi connectivity index (χ1v) is 11.1. The van der Waals surface area contributed by atoms with Gasteiger partial charge < -0.3 is 5.73 Å². The number of nitrogens with two attached hydrogens (primary N) is 1. The van der Waals surface area contributed by atoms with Gasteiger partial charge in [0.05, 0.1) is 11.9 Å². The molecule has 0 aliphatic heterocycles. The summed E-state index contributed by atoms with van der Waals surface area (Å²) in [5.74, 6) is -0.788. The van der Waals surface area contributed by atoms with Crippen molar-refractivity contribution in [3.63, 3.8) is 0 Å². The standard InChI is InChI=1S/C25H26N6O4/c1-15(2)13-30(24(34)19-17-11-7-8-12-18(17)23(33)29(3)28-19)20-21(26)31(25(35)27-22(20)32)14-16-9-5-4-6-10-16/h4-12,15H,13-14,26H2,1-3H3,(H,27,32,35). The SMILES string of the molecule is CC(C)CN(C(=O)c1nn(C)c(=O)c2ccccc12)c1c(N)n(Cc2ccccc2)c(=O)[nH]c1=O. The minimum absolute atomic E-state index is 0.00274. The average Bonchev–Trinajstić information content (AvgIpc) is 2.83. The molecule has 0 unspecified atom stereocenters. The number of nitrogen functional groups attached to an aromatic ring is 1. The molecule has 0 fully saturated rings. The van der Waals surface area contributed by atoms with Crippen LogP contribution in [0, 0.1) is 5.92 Å². The topological polar surface area (TPSA) is 136 Å². The second-order valence-corrected chi connectivity index (χ2v) is 8.70. The van der Waals surface area contributed by atoms with Gasteiger partial charge in [-0.05, 0) is 17.5 Å². The lowest BCUT2D eigenvalue weighted by atomic mass is 10.1. The smallest absolute Gasteiger partial charge is 0.330 e. The van der Waals surface area contributed by atoms with E-state index in [1.807, 2.05) is 44.2 Å². The largest absolute Gasteiger partial charge is 0.383 e. The number of nitrogens with zero attached hydrogens (tertiary/aromatic N) is 4. The maximum absolute atomic E-state index is 13.9. The van der Waals surface area contributed by atoms with Gasteiger partial charge >= 0.3 is 5.69 Å². The summed E-state index contributed by atoms with van der Waals surface area (Å²) in [6.07, 6.45) is 0. The number of nitrogens with one attached hydrogen (secondary N) is 1. The highest BCUT2D eigenvalue weighted by atomic mass is 16.2. The summed E-state index contributed by atoms with van der Waals surface area (Å²) in [4.78, 5) is 55.6. The highest BCUT2D eigenvalue weighted by Gasteiger charge is 2.29. The molecule has 35 heavy (non-hydrogen) atoms. The molecule has 0 spiro atoms. The highest BCUT2D eigenvalue weighted by Crippen LogP contribution is 2.23. The third kappa shape index (κ3) is 4.50. The molecule has 4 rings (SSSR count). The third-order valence-corrected chi connectivity index (χ3v) is 5.62. The Labute approximate surface area is 200 Å². The number of benzene rings is 2. The molecular weight excluding hydrogens is 448 g/mol. The van der Waals surface area contributed by atoms with Crippen molar-refractivity contribution in [2.24, 2.45) is 13.0 Å². The second-order valence-electron chi connectivity index (χ2n) is 8.70. The van der Waals surface area contributed by atoms with Gasteiger partial charge in [-0.25, -0.2) is 9.48 Å². The first kappa shape index (κ1) is 23.7. The van der Waals surface area contributed by atoms with E-state index in [9.17, 15) is 19.2 Å². The minimum atomic E-state index is -0.778. The highest BCUT2D eigenvalue weighted by molar-refractivity contribution is 6.13. The zero-order chi connectivity index (χ0) is 25.3. The summed E-state index contributed by atoms with van der Waals surface area (Å²) in [6, 6.07) is 15.8. The molecular formula is C25H26N6O4. The van der Waals surface area contributed by atoms with Crippen LogP contribution in [0.5, 0.6) is 0 Å². The molecule has 2 heterocycles. The number of rotatable bonds is 6. The van der Waals surface area contributed by atoms with Crippen molar-refractivity contribution < 1.29 is 4.79 Å². The number of fused-ring (bicyclic) bond motifs is 1. The van der Waals surface area contributed by atoms with Crippen molar-refractivity contribution >= 4 is 28.2 Å². The number of aryl methyl sites for hydroxylation is 1. The molecule has 0 atom stereocenters. The number of hydrogen-bond donors (Lipinski definition) is 2. The van der Waals surface area contributed by atoms with Crippen molar-refractivity contribution in [2.75, 3.05) is 17.2 Å². The van der Waals surface area contributed by atoms with Crippen LogP contribution in [0.4, 0.5) is 11.5 Å². The fourth-order valence-electron chi connectivity index (χ4n) is 3.99. The van der Waals surface area contributed by atoms with Crippen LogP contribution in [0.15, 0.2) is 69.0 Å². The maximum Gasteiger partial charge on any atom is 0.330 e. The predicted molar refractivity (Wildman–Crippen MR) is 135 cm³/mol. The zero-order valence-corrected chi connectivity index (χ0v) is 19.7. The Balaban J connectivity index is 1.92. The molecule has 4 aromatic rings. The first-order valence-electron chi connectivity index (χ1n) is 11.1. The lowest BCUT2D eigenvalue weighted by Crippen LogP contribution is -2.43. The Kier molecular flexibility index (Phi) is 6.37. The summed E-state index contributed by atoms with van der Waals surface area (Å²) in [5.41, 5.74) is 5.22. The molecule has 180 valence electrons. The second kappa shape index (κ2) is 9.41. The van der Waals surface area contributed by atoms with Crippen LogP contribution in [0.1, 0.15) is 29.9 Å². The fraction of sp³-hybridized carbons (Fsp3) is 0.240. The first-order chi connectivity index (χ1) is 16.7. The van der Waals surface area contributed by atoms with Gasteiger partial charge in [-0.15, -0.1) is 0 Å². The molecule has 10 heteroatoms. The van der Waals surface area contributed by atoms with Crippen LogP contribution >= 0.6 is 0 Å². The number of anilines is 2. The van der Waals surface area contributed by atoms with Crippen molar-refractivity contribution in [3.05, 3.63) is 97.0 Å². The van der Waals surface area contributed by atoms with Gasteiger partial charge in [0.25, 0.3) is 17.0 Å². The van der Waals surface area contributed by atoms with E-state index >= 15 is 0 Å². The predicted octanol–water partition coefficient (Wildman–Crippen LogP) is 1.72. The van der Waals surface area contributed by atoms with E-state index in [0.29, 0.717) is 10.8 Å². The molecule has 0 aliphatic carbocycles. The quantitative estimate of drug-likeness (QED) is 0.437. The lowest BCUT2D eigenvalue weighted by molar-refractivity contribution is 0.0978. The molecule has 0 bridgehead atoms. The minimum Gasteiger partial charge on any atom is -0.383 e. The van der Waals surface area contributed by atoms with Crippen LogP contribution in [-0.2, 0) is 13.6 Å². The molecule has 0 saturated heterocycles. The van der Waals surface area contributed by atoms with Crippen LogP contribution in [0.3, 0.4) is 0 Å². The lowest BCUT2D eigenvalue weighted by Gasteiger charge is -2.26. The van der Waals surface area contributed by atoms with Crippen LogP contribution < -0.4 is 27.4 Å². The number of carbonyl (C=O) groups is 1. The maximum atomic E-state index is 13.9. The summed E-state index contributed by atoms with van der Waals surface area (Å²) >= 11 is 0. The van der Waals surface area contributed by atoms with E-state index in [2.05, 4.69) is 10.1 Å². The van der Waals surface area contributed by atoms with Crippen molar-refractivity contribution in [1.29, 1.82) is 0 Å². The van der Waals surface area contributed by atoms with Gasteiger partial charge in [-0.2, -0.15) is 5.10 Å². The van der Waals surface area contributed by atoms with Gasteiger partial charge in [-0.3, -0.25) is 28.8 Å². The molecule has 0 aliphatic rings. The van der Waals surface area contributed by atoms with Crippen molar-refractivity contribution in [1.82, 2.24) is 19.3 Å². The zero-order valence-electron chi connectivity index (χ0n) is 19.7. The van der Waals surface area contributed by atoms with Crippen LogP contribution in [0.25, 0.3) is 10.8 Å². The number of aromatic nitrogens is 4. The number of H-pyrrole nitrogens is 1. The normalized spacial score (nSPS) is 11.2. The van der Waals surface area contributed by atoms with E-state index in [4.69, 9.17) is 5.73 Å². The van der Waals surface area contributed by atoms with Gasteiger partial charge in [0.2, 0.25) is 0 Å². The summed E-state index contributed by atoms with van der Waals surface area (Å²) < 4.78 is 2.31. The monoisotopic (exact) mass is 474 g/mol. The van der Waals surface area contributed by atoms with Crippen LogP contribution in [0.2, 0.25) is 0 Å². The summed E-state index contributed by atoms with van der Waals surface area (Å²) in [6.45, 7) is 4.02. The third-order valence-electron chi connectivity index (χ3n) is 5.62. The van der Waals surface area contributed by atoms with Gasteiger partial charge in [0.1, 0.15) is 5.82 Å². The number of amides is 1. The van der Waals surface area contributed by atoms with Crippen LogP contribution in [-0.4, -0.2) is 31.8 Å². The molecule has 2 aromatic heterocycles. The average molecular weight is 475 g/mol. The number of hydrogen-bond acceptors (Lipinski definition) is 6. The van der Waals surface area contributed by atoms with E-state index < -0.39 is 17.2 Å². The van der Waals surface area contributed by atoms with Gasteiger partial charge in [0.15, 0.2) is 11.4 Å². The van der Waals surface area contributed by atoms with Gasteiger partial charge in [0, 0.05) is 19.0 Å². The molecule has 0 saturated carbocycles. The van der Waals surface area contributed by atoms with Crippen molar-refractivity contribution in [3.8, 4) is 0 Å². The van der Waals surface area contributed by atoms with E-state index in [1.165, 1.54) is 16.5 Å². The Morgan fingerprint density at radius 1 is 1.03 bits per heavy atom. The Bertz CT molecular complexity index is 1580. The molecule has 3 N–H and O–H groups in total. The summed E-state index contributed by atoms with van der Waals surface area (Å²) in [5, 5.41) is 4.90. The molecule has 2 aromatic carbocycles. The molecule has 10 nitrogen and oxygen atoms in total. The van der Waals surface area contributed by atoms with Gasteiger partial charge in [-0.1, -0.05) is 62.4 Å². The summed E-state index contributed by atoms with van der Waals surface area (Å²) in [7, 11) is 1.46. The Morgan fingerprint density at radius 3 is 2.31 bits per heavy atom. The van der Waals surface area contributed by atoms with E-state index in [1.54, 1.807) is 24.3 Å². The van der Waals surface area contributed by atoms with Crippen molar-refractivity contribution in [2.45, 2.75) is 20.4 Å². The molecule has 1 amide bonds.